The molecule has 0 saturated heterocycles. The van der Waals surface area contributed by atoms with Crippen molar-refractivity contribution in [2.24, 2.45) is 11.8 Å². The van der Waals surface area contributed by atoms with Crippen molar-refractivity contribution in [3.8, 4) is 11.5 Å². The molecule has 1 aromatic carbocycles. The average molecular weight is 328 g/mol. The van der Waals surface area contributed by atoms with Crippen LogP contribution < -0.4 is 4.74 Å². The molecule has 1 aromatic rings. The number of ether oxygens (including phenoxy) is 1. The van der Waals surface area contributed by atoms with Gasteiger partial charge in [0.05, 0.1) is 0 Å². The Balaban J connectivity index is 1.97. The van der Waals surface area contributed by atoms with E-state index in [9.17, 15) is 5.11 Å². The van der Waals surface area contributed by atoms with Crippen molar-refractivity contribution in [2.75, 3.05) is 0 Å². The average Bonchev–Trinajstić information content (AvgIpc) is 2.51. The third-order valence-electron chi connectivity index (χ3n) is 6.15. The Morgan fingerprint density at radius 1 is 1.33 bits per heavy atom. The van der Waals surface area contributed by atoms with Crippen LogP contribution in [0.5, 0.6) is 11.5 Å². The fraction of sp³-hybridized carbons (Fsp3) is 0.636. The lowest BCUT2D eigenvalue weighted by Crippen LogP contribution is -2.45. The number of rotatable bonds is 4. The van der Waals surface area contributed by atoms with E-state index in [0.717, 1.165) is 37.0 Å². The summed E-state index contributed by atoms with van der Waals surface area (Å²) in [5.74, 6) is 2.75. The van der Waals surface area contributed by atoms with E-state index in [0.29, 0.717) is 17.6 Å². The van der Waals surface area contributed by atoms with Gasteiger partial charge in [-0.2, -0.15) is 0 Å². The fourth-order valence-electron chi connectivity index (χ4n) is 4.34. The molecule has 0 aromatic heterocycles. The topological polar surface area (TPSA) is 29.5 Å². The first kappa shape index (κ1) is 17.4. The van der Waals surface area contributed by atoms with Crippen LogP contribution in [0.2, 0.25) is 0 Å². The van der Waals surface area contributed by atoms with E-state index in [-0.39, 0.29) is 11.5 Å². The van der Waals surface area contributed by atoms with E-state index in [1.165, 1.54) is 17.6 Å². The lowest BCUT2D eigenvalue weighted by molar-refractivity contribution is 0.0107. The molecule has 1 aliphatic carbocycles. The van der Waals surface area contributed by atoms with Crippen LogP contribution >= 0.6 is 0 Å². The van der Waals surface area contributed by atoms with Crippen LogP contribution in [0.3, 0.4) is 0 Å². The van der Waals surface area contributed by atoms with Crippen LogP contribution in [0, 0.1) is 11.8 Å². The van der Waals surface area contributed by atoms with Crippen LogP contribution in [0.4, 0.5) is 0 Å². The number of aromatic hydroxyl groups is 1. The Kier molecular flexibility index (Phi) is 4.68. The first-order valence-corrected chi connectivity index (χ1v) is 9.54. The standard InChI is InChI=1S/C22H32O2/c1-6-14(2)7-9-16-12-19(23)21-17-11-15(3)8-10-18(17)22(4,5)24-20(21)13-16/h11-14,17-18,23H,6-10H2,1-5H3/t14?,17-,18-/m1/s1. The van der Waals surface area contributed by atoms with Gasteiger partial charge in [0.1, 0.15) is 17.1 Å². The molecule has 2 nitrogen and oxygen atoms in total. The second-order valence-corrected chi connectivity index (χ2v) is 8.47. The number of fused-ring (bicyclic) bond motifs is 3. The summed E-state index contributed by atoms with van der Waals surface area (Å²) in [5.41, 5.74) is 3.44. The van der Waals surface area contributed by atoms with Gasteiger partial charge in [-0.3, -0.25) is 0 Å². The summed E-state index contributed by atoms with van der Waals surface area (Å²) in [6.45, 7) is 11.1. The van der Waals surface area contributed by atoms with E-state index in [1.807, 2.05) is 6.07 Å². The molecule has 0 fully saturated rings. The van der Waals surface area contributed by atoms with Gasteiger partial charge in [0.2, 0.25) is 0 Å². The van der Waals surface area contributed by atoms with E-state index < -0.39 is 0 Å². The summed E-state index contributed by atoms with van der Waals surface area (Å²) in [6, 6.07) is 4.14. The van der Waals surface area contributed by atoms with E-state index in [2.05, 4.69) is 46.8 Å². The molecule has 2 heteroatoms. The lowest BCUT2D eigenvalue weighted by Gasteiger charge is -2.46. The molecular formula is C22H32O2. The molecule has 0 amide bonds. The minimum absolute atomic E-state index is 0.184. The molecule has 24 heavy (non-hydrogen) atoms. The minimum atomic E-state index is -0.184. The highest BCUT2D eigenvalue weighted by atomic mass is 16.5. The summed E-state index contributed by atoms with van der Waals surface area (Å²) >= 11 is 0. The van der Waals surface area contributed by atoms with Gasteiger partial charge in [-0.15, -0.1) is 0 Å². The maximum Gasteiger partial charge on any atom is 0.127 e. The molecule has 0 saturated carbocycles. The number of phenols is 1. The highest BCUT2D eigenvalue weighted by molar-refractivity contribution is 5.54. The second kappa shape index (κ2) is 6.46. The number of benzene rings is 1. The maximum atomic E-state index is 10.7. The number of hydrogen-bond donors (Lipinski definition) is 1. The van der Waals surface area contributed by atoms with Crippen molar-refractivity contribution in [2.45, 2.75) is 78.2 Å². The van der Waals surface area contributed by atoms with E-state index >= 15 is 0 Å². The Morgan fingerprint density at radius 2 is 2.08 bits per heavy atom. The predicted octanol–water partition coefficient (Wildman–Crippen LogP) is 5.98. The summed E-state index contributed by atoms with van der Waals surface area (Å²) in [4.78, 5) is 0. The Bertz CT molecular complexity index is 642. The van der Waals surface area contributed by atoms with Crippen LogP contribution in [0.1, 0.15) is 77.3 Å². The molecule has 132 valence electrons. The zero-order valence-corrected chi connectivity index (χ0v) is 15.9. The van der Waals surface area contributed by atoms with Gasteiger partial charge in [-0.1, -0.05) is 31.9 Å². The van der Waals surface area contributed by atoms with Crippen LogP contribution in [0.15, 0.2) is 23.8 Å². The van der Waals surface area contributed by atoms with Gasteiger partial charge in [-0.25, -0.2) is 0 Å². The Hall–Kier alpha value is -1.44. The molecular weight excluding hydrogens is 296 g/mol. The quantitative estimate of drug-likeness (QED) is 0.689. The first-order valence-electron chi connectivity index (χ1n) is 9.54. The van der Waals surface area contributed by atoms with Crippen molar-refractivity contribution in [1.29, 1.82) is 0 Å². The monoisotopic (exact) mass is 328 g/mol. The maximum absolute atomic E-state index is 10.7. The molecule has 2 aliphatic rings. The summed E-state index contributed by atoms with van der Waals surface area (Å²) in [6.07, 6.45) is 7.99. The summed E-state index contributed by atoms with van der Waals surface area (Å²) < 4.78 is 6.39. The van der Waals surface area contributed by atoms with Gasteiger partial charge >= 0.3 is 0 Å². The molecule has 3 rings (SSSR count). The SMILES string of the molecule is CCC(C)CCc1cc(O)c2c(c1)OC(C)(C)[C@@H]1CCC(C)=C[C@@H]21. The number of allylic oxidation sites excluding steroid dienone is 2. The molecule has 0 radical (unpaired) electrons. The zero-order valence-electron chi connectivity index (χ0n) is 15.9. The normalized spacial score (nSPS) is 26.0. The van der Waals surface area contributed by atoms with Gasteiger partial charge in [0.15, 0.2) is 0 Å². The van der Waals surface area contributed by atoms with Gasteiger partial charge in [0, 0.05) is 17.4 Å². The Morgan fingerprint density at radius 3 is 2.79 bits per heavy atom. The molecule has 0 bridgehead atoms. The third-order valence-corrected chi connectivity index (χ3v) is 6.15. The molecule has 1 heterocycles. The summed E-state index contributed by atoms with van der Waals surface area (Å²) in [7, 11) is 0. The van der Waals surface area contributed by atoms with Crippen molar-refractivity contribution >= 4 is 0 Å². The number of hydrogen-bond acceptors (Lipinski definition) is 2. The van der Waals surface area contributed by atoms with Crippen LogP contribution in [0.25, 0.3) is 0 Å². The summed E-state index contributed by atoms with van der Waals surface area (Å²) in [5, 5.41) is 10.7. The lowest BCUT2D eigenvalue weighted by atomic mass is 9.68. The largest absolute Gasteiger partial charge is 0.507 e. The van der Waals surface area contributed by atoms with E-state index in [4.69, 9.17) is 4.74 Å². The zero-order chi connectivity index (χ0) is 17.5. The van der Waals surface area contributed by atoms with Crippen LogP contribution in [-0.4, -0.2) is 10.7 Å². The highest BCUT2D eigenvalue weighted by Crippen LogP contribution is 2.53. The smallest absolute Gasteiger partial charge is 0.127 e. The molecule has 3 atom stereocenters. The van der Waals surface area contributed by atoms with Crippen molar-refractivity contribution in [3.05, 3.63) is 34.9 Å². The van der Waals surface area contributed by atoms with Gasteiger partial charge < -0.3 is 9.84 Å². The second-order valence-electron chi connectivity index (χ2n) is 8.47. The molecule has 1 N–H and O–H groups in total. The number of phenolic OH excluding ortho intramolecular Hbond substituents is 1. The Labute approximate surface area is 146 Å². The molecule has 1 unspecified atom stereocenters. The molecule has 1 aliphatic heterocycles. The van der Waals surface area contributed by atoms with Crippen molar-refractivity contribution in [3.63, 3.8) is 0 Å². The van der Waals surface area contributed by atoms with Crippen LogP contribution in [-0.2, 0) is 6.42 Å². The van der Waals surface area contributed by atoms with Gasteiger partial charge in [-0.05, 0) is 70.1 Å². The van der Waals surface area contributed by atoms with Gasteiger partial charge in [0.25, 0.3) is 0 Å². The predicted molar refractivity (Wildman–Crippen MR) is 99.8 cm³/mol. The minimum Gasteiger partial charge on any atom is -0.507 e. The first-order chi connectivity index (χ1) is 11.3. The fourth-order valence-corrected chi connectivity index (χ4v) is 4.34. The highest BCUT2D eigenvalue weighted by Gasteiger charge is 2.45. The third kappa shape index (κ3) is 3.20. The molecule has 0 spiro atoms. The van der Waals surface area contributed by atoms with Crippen molar-refractivity contribution < 1.29 is 9.84 Å². The van der Waals surface area contributed by atoms with E-state index in [1.54, 1.807) is 0 Å². The van der Waals surface area contributed by atoms with Crippen molar-refractivity contribution in [1.82, 2.24) is 0 Å². The number of aryl methyl sites for hydroxylation is 1.